The van der Waals surface area contributed by atoms with Gasteiger partial charge < -0.3 is 9.84 Å². The number of ether oxygens (including phenoxy) is 1. The van der Waals surface area contributed by atoms with Crippen molar-refractivity contribution in [3.63, 3.8) is 0 Å². The van der Waals surface area contributed by atoms with Crippen LogP contribution >= 0.6 is 0 Å². The Kier molecular flexibility index (Phi) is 5.82. The highest BCUT2D eigenvalue weighted by molar-refractivity contribution is 7.91. The number of rotatable bonds is 7. The number of sulfone groups is 1. The summed E-state index contributed by atoms with van der Waals surface area (Å²) in [5.74, 6) is 0.635. The quantitative estimate of drug-likeness (QED) is 0.835. The van der Waals surface area contributed by atoms with Gasteiger partial charge in [-0.3, -0.25) is 0 Å². The van der Waals surface area contributed by atoms with Crippen LogP contribution < -0.4 is 4.74 Å². The molecule has 0 aliphatic heterocycles. The second kappa shape index (κ2) is 6.91. The average molecular weight is 286 g/mol. The van der Waals surface area contributed by atoms with Gasteiger partial charge in [-0.05, 0) is 38.0 Å². The summed E-state index contributed by atoms with van der Waals surface area (Å²) in [5.41, 5.74) is 0.838. The Hall–Kier alpha value is -1.07. The van der Waals surface area contributed by atoms with E-state index in [-0.39, 0.29) is 17.6 Å². The Morgan fingerprint density at radius 1 is 1.21 bits per heavy atom. The lowest BCUT2D eigenvalue weighted by Crippen LogP contribution is -2.22. The molecule has 5 heteroatoms. The molecule has 1 aromatic rings. The van der Waals surface area contributed by atoms with Gasteiger partial charge in [-0.1, -0.05) is 19.1 Å². The van der Waals surface area contributed by atoms with E-state index < -0.39 is 15.9 Å². The van der Waals surface area contributed by atoms with E-state index in [0.29, 0.717) is 12.2 Å². The molecular formula is C14H22O4S. The molecule has 108 valence electrons. The van der Waals surface area contributed by atoms with Crippen molar-refractivity contribution in [2.45, 2.75) is 38.5 Å². The monoisotopic (exact) mass is 286 g/mol. The molecule has 19 heavy (non-hydrogen) atoms. The summed E-state index contributed by atoms with van der Waals surface area (Å²) in [4.78, 5) is 0. The number of hydrogen-bond donors (Lipinski definition) is 1. The molecule has 0 unspecified atom stereocenters. The second-order valence-corrected chi connectivity index (χ2v) is 7.43. The van der Waals surface area contributed by atoms with Gasteiger partial charge in [0.2, 0.25) is 0 Å². The van der Waals surface area contributed by atoms with Crippen molar-refractivity contribution in [1.29, 1.82) is 0 Å². The van der Waals surface area contributed by atoms with E-state index in [1.54, 1.807) is 38.1 Å². The van der Waals surface area contributed by atoms with Gasteiger partial charge in [-0.25, -0.2) is 8.42 Å². The van der Waals surface area contributed by atoms with Crippen molar-refractivity contribution >= 4 is 9.84 Å². The summed E-state index contributed by atoms with van der Waals surface area (Å²) in [5, 5.41) is 9.27. The molecule has 0 radical (unpaired) electrons. The van der Waals surface area contributed by atoms with E-state index in [1.807, 2.05) is 6.92 Å². The second-order valence-electron chi connectivity index (χ2n) is 4.76. The van der Waals surface area contributed by atoms with Crippen molar-refractivity contribution in [1.82, 2.24) is 0 Å². The molecule has 1 aromatic carbocycles. The van der Waals surface area contributed by atoms with Gasteiger partial charge in [0.1, 0.15) is 12.4 Å². The van der Waals surface area contributed by atoms with Crippen LogP contribution in [0, 0.1) is 0 Å². The predicted molar refractivity (Wildman–Crippen MR) is 76.1 cm³/mol. The van der Waals surface area contributed by atoms with Crippen molar-refractivity contribution in [3.8, 4) is 5.75 Å². The lowest BCUT2D eigenvalue weighted by molar-refractivity contribution is 0.173. The first-order valence-electron chi connectivity index (χ1n) is 6.49. The first kappa shape index (κ1) is 16.0. The fraction of sp³-hybridized carbons (Fsp3) is 0.571. The molecule has 0 aliphatic rings. The Morgan fingerprint density at radius 2 is 1.79 bits per heavy atom. The molecule has 0 amide bonds. The summed E-state index contributed by atoms with van der Waals surface area (Å²) < 4.78 is 28.6. The highest BCUT2D eigenvalue weighted by Crippen LogP contribution is 2.19. The maximum Gasteiger partial charge on any atom is 0.155 e. The van der Waals surface area contributed by atoms with Crippen LogP contribution in [0.5, 0.6) is 5.75 Å². The number of hydrogen-bond acceptors (Lipinski definition) is 4. The standard InChI is InChI=1S/C14H22O4S/c1-4-14(15)12-5-7-13(8-6-12)18-9-10-19(16,17)11(2)3/h5-8,11,14-15H,4,9-10H2,1-3H3/t14-/m0/s1. The Labute approximate surface area is 115 Å². The van der Waals surface area contributed by atoms with Gasteiger partial charge in [0, 0.05) is 0 Å². The van der Waals surface area contributed by atoms with Gasteiger partial charge in [0.25, 0.3) is 0 Å². The van der Waals surface area contributed by atoms with Crippen LogP contribution in [0.25, 0.3) is 0 Å². The topological polar surface area (TPSA) is 63.6 Å². The smallest absolute Gasteiger partial charge is 0.155 e. The van der Waals surface area contributed by atoms with Crippen molar-refractivity contribution in [2.75, 3.05) is 12.4 Å². The molecule has 0 spiro atoms. The van der Waals surface area contributed by atoms with Gasteiger partial charge in [0.05, 0.1) is 17.1 Å². The molecule has 0 aliphatic carbocycles. The molecule has 0 saturated carbocycles. The van der Waals surface area contributed by atoms with E-state index in [9.17, 15) is 13.5 Å². The van der Waals surface area contributed by atoms with Crippen molar-refractivity contribution in [3.05, 3.63) is 29.8 Å². The molecule has 1 N–H and O–H groups in total. The van der Waals surface area contributed by atoms with E-state index in [4.69, 9.17) is 4.74 Å². The predicted octanol–water partition coefficient (Wildman–Crippen LogP) is 2.33. The molecule has 0 bridgehead atoms. The largest absolute Gasteiger partial charge is 0.493 e. The van der Waals surface area contributed by atoms with E-state index >= 15 is 0 Å². The normalized spacial score (nSPS) is 13.5. The molecule has 1 rings (SSSR count). The third-order valence-electron chi connectivity index (χ3n) is 3.01. The van der Waals surface area contributed by atoms with Crippen LogP contribution in [0.15, 0.2) is 24.3 Å². The molecule has 0 saturated heterocycles. The minimum atomic E-state index is -3.06. The minimum absolute atomic E-state index is 0.0179. The molecule has 0 heterocycles. The first-order valence-corrected chi connectivity index (χ1v) is 8.20. The lowest BCUT2D eigenvalue weighted by atomic mass is 10.1. The van der Waals surface area contributed by atoms with Gasteiger partial charge in [-0.15, -0.1) is 0 Å². The van der Waals surface area contributed by atoms with E-state index in [1.165, 1.54) is 0 Å². The number of aliphatic hydroxyl groups excluding tert-OH is 1. The van der Waals surface area contributed by atoms with Crippen molar-refractivity contribution < 1.29 is 18.3 Å². The maximum absolute atomic E-state index is 11.6. The molecule has 0 aromatic heterocycles. The highest BCUT2D eigenvalue weighted by atomic mass is 32.2. The Morgan fingerprint density at radius 3 is 2.26 bits per heavy atom. The SMILES string of the molecule is CC[C@H](O)c1ccc(OCCS(=O)(=O)C(C)C)cc1. The minimum Gasteiger partial charge on any atom is -0.493 e. The van der Waals surface area contributed by atoms with E-state index in [0.717, 1.165) is 5.56 Å². The van der Waals surface area contributed by atoms with Gasteiger partial charge >= 0.3 is 0 Å². The highest BCUT2D eigenvalue weighted by Gasteiger charge is 2.15. The summed E-state index contributed by atoms with van der Waals surface area (Å²) in [6.45, 7) is 5.38. The van der Waals surface area contributed by atoms with Crippen LogP contribution in [-0.2, 0) is 9.84 Å². The summed E-state index contributed by atoms with van der Waals surface area (Å²) in [7, 11) is -3.06. The fourth-order valence-electron chi connectivity index (χ4n) is 1.53. The number of aliphatic hydroxyl groups is 1. The van der Waals surface area contributed by atoms with Crippen LogP contribution in [0.3, 0.4) is 0 Å². The summed E-state index contributed by atoms with van der Waals surface area (Å²) in [6, 6.07) is 7.08. The lowest BCUT2D eigenvalue weighted by Gasteiger charge is -2.11. The van der Waals surface area contributed by atoms with Crippen LogP contribution in [-0.4, -0.2) is 31.1 Å². The molecule has 4 nitrogen and oxygen atoms in total. The van der Waals surface area contributed by atoms with Crippen LogP contribution in [0.2, 0.25) is 0 Å². The third-order valence-corrected chi connectivity index (χ3v) is 5.18. The Bertz CT molecular complexity index is 477. The van der Waals surface area contributed by atoms with Crippen LogP contribution in [0.1, 0.15) is 38.9 Å². The zero-order valence-corrected chi connectivity index (χ0v) is 12.5. The number of benzene rings is 1. The Balaban J connectivity index is 2.51. The van der Waals surface area contributed by atoms with Gasteiger partial charge in [-0.2, -0.15) is 0 Å². The van der Waals surface area contributed by atoms with Crippen LogP contribution in [0.4, 0.5) is 0 Å². The third kappa shape index (κ3) is 4.84. The summed E-state index contributed by atoms with van der Waals surface area (Å²) in [6.07, 6.45) is 0.197. The zero-order valence-electron chi connectivity index (χ0n) is 11.7. The average Bonchev–Trinajstić information content (AvgIpc) is 2.38. The first-order chi connectivity index (χ1) is 8.86. The van der Waals surface area contributed by atoms with Crippen molar-refractivity contribution in [2.24, 2.45) is 0 Å². The summed E-state index contributed by atoms with van der Waals surface area (Å²) >= 11 is 0. The van der Waals surface area contributed by atoms with Gasteiger partial charge in [0.15, 0.2) is 9.84 Å². The molecular weight excluding hydrogens is 264 g/mol. The zero-order chi connectivity index (χ0) is 14.5. The molecule has 1 atom stereocenters. The maximum atomic E-state index is 11.6. The van der Waals surface area contributed by atoms with E-state index in [2.05, 4.69) is 0 Å². The molecule has 0 fully saturated rings. The fourth-order valence-corrected chi connectivity index (χ4v) is 2.32.